The Morgan fingerprint density at radius 1 is 1.27 bits per heavy atom. The molecule has 0 aromatic carbocycles. The molecule has 1 unspecified atom stereocenters. The Kier molecular flexibility index (Phi) is 8.93. The van der Waals surface area contributed by atoms with Crippen LogP contribution in [0.2, 0.25) is 0 Å². The van der Waals surface area contributed by atoms with Gasteiger partial charge in [-0.2, -0.15) is 11.8 Å². The zero-order valence-corrected chi connectivity index (χ0v) is 17.5. The number of carbonyl (C=O) groups excluding carboxylic acids is 2. The van der Waals surface area contributed by atoms with E-state index in [0.29, 0.717) is 30.3 Å². The second kappa shape index (κ2) is 10.2. The summed E-state index contributed by atoms with van der Waals surface area (Å²) in [5, 5.41) is 12.0. The van der Waals surface area contributed by atoms with Crippen LogP contribution in [0.3, 0.4) is 0 Å². The molecule has 0 spiro atoms. The Bertz CT molecular complexity index is 502. The van der Waals surface area contributed by atoms with E-state index in [4.69, 9.17) is 0 Å². The van der Waals surface area contributed by atoms with Gasteiger partial charge >= 0.3 is 5.97 Å². The van der Waals surface area contributed by atoms with Crippen LogP contribution in [0.4, 0.5) is 0 Å². The van der Waals surface area contributed by atoms with Crippen molar-refractivity contribution < 1.29 is 19.5 Å². The zero-order chi connectivity index (χ0) is 19.9. The number of aliphatic carboxylic acids is 1. The van der Waals surface area contributed by atoms with Gasteiger partial charge in [0.25, 0.3) is 0 Å². The summed E-state index contributed by atoms with van der Waals surface area (Å²) >= 11 is 1.50. The van der Waals surface area contributed by atoms with Crippen molar-refractivity contribution in [2.45, 2.75) is 72.4 Å². The first-order chi connectivity index (χ1) is 12.0. The number of nitrogens with one attached hydrogen (secondary N) is 1. The van der Waals surface area contributed by atoms with Crippen LogP contribution in [0.25, 0.3) is 0 Å². The molecular formula is C19H34N2O4S. The van der Waals surface area contributed by atoms with E-state index in [9.17, 15) is 19.5 Å². The van der Waals surface area contributed by atoms with E-state index >= 15 is 0 Å². The lowest BCUT2D eigenvalue weighted by atomic mass is 9.92. The Balaban J connectivity index is 2.48. The van der Waals surface area contributed by atoms with Gasteiger partial charge in [0, 0.05) is 36.9 Å². The van der Waals surface area contributed by atoms with Gasteiger partial charge in [0.1, 0.15) is 6.04 Å². The molecule has 0 radical (unpaired) electrons. The van der Waals surface area contributed by atoms with Crippen LogP contribution in [-0.4, -0.2) is 57.9 Å². The first-order valence-corrected chi connectivity index (χ1v) is 10.5. The maximum absolute atomic E-state index is 12.3. The van der Waals surface area contributed by atoms with Gasteiger partial charge in [-0.3, -0.25) is 9.59 Å². The highest BCUT2D eigenvalue weighted by Gasteiger charge is 2.29. The molecule has 2 atom stereocenters. The highest BCUT2D eigenvalue weighted by molar-refractivity contribution is 7.99. The molecule has 0 aromatic rings. The van der Waals surface area contributed by atoms with Crippen LogP contribution in [-0.2, 0) is 14.4 Å². The van der Waals surface area contributed by atoms with Crippen molar-refractivity contribution in [3.05, 3.63) is 0 Å². The minimum absolute atomic E-state index is 0.172. The molecule has 0 aliphatic carbocycles. The average Bonchev–Trinajstić information content (AvgIpc) is 2.91. The molecule has 26 heavy (non-hydrogen) atoms. The second-order valence-electron chi connectivity index (χ2n) is 8.71. The number of amides is 2. The number of carbonyl (C=O) groups is 3. The maximum atomic E-state index is 12.3. The molecular weight excluding hydrogens is 352 g/mol. The molecule has 0 bridgehead atoms. The average molecular weight is 387 g/mol. The summed E-state index contributed by atoms with van der Waals surface area (Å²) in [6.07, 6.45) is 2.81. The van der Waals surface area contributed by atoms with E-state index in [0.717, 1.165) is 19.4 Å². The molecule has 7 heteroatoms. The molecule has 1 rings (SSSR count). The summed E-state index contributed by atoms with van der Waals surface area (Å²) in [5.41, 5.74) is -0.179. The molecule has 0 aromatic heterocycles. The molecule has 2 N–H and O–H groups in total. The Morgan fingerprint density at radius 3 is 2.46 bits per heavy atom. The molecule has 2 amide bonds. The first-order valence-electron chi connectivity index (χ1n) is 9.39. The first kappa shape index (κ1) is 22.8. The molecule has 0 saturated carbocycles. The number of thioether (sulfide) groups is 1. The number of carboxylic acid groups (broad SMARTS) is 1. The summed E-state index contributed by atoms with van der Waals surface area (Å²) < 4.78 is 0. The van der Waals surface area contributed by atoms with Crippen molar-refractivity contribution in [3.8, 4) is 0 Å². The van der Waals surface area contributed by atoms with Gasteiger partial charge in [-0.05, 0) is 24.2 Å². The van der Waals surface area contributed by atoms with Gasteiger partial charge in [0.15, 0.2) is 0 Å². The summed E-state index contributed by atoms with van der Waals surface area (Å²) in [6.45, 7) is 10.7. The smallest absolute Gasteiger partial charge is 0.327 e. The van der Waals surface area contributed by atoms with Crippen LogP contribution in [0.1, 0.15) is 60.3 Å². The van der Waals surface area contributed by atoms with Gasteiger partial charge in [-0.25, -0.2) is 4.79 Å². The van der Waals surface area contributed by atoms with Gasteiger partial charge in [-0.15, -0.1) is 0 Å². The van der Waals surface area contributed by atoms with Crippen molar-refractivity contribution >= 4 is 29.5 Å². The zero-order valence-electron chi connectivity index (χ0n) is 16.7. The monoisotopic (exact) mass is 386 g/mol. The summed E-state index contributed by atoms with van der Waals surface area (Å²) in [4.78, 5) is 37.7. The van der Waals surface area contributed by atoms with E-state index in [1.165, 1.54) is 11.8 Å². The molecule has 1 saturated heterocycles. The quantitative estimate of drug-likeness (QED) is 0.636. The van der Waals surface area contributed by atoms with Crippen LogP contribution < -0.4 is 5.32 Å². The molecule has 1 aliphatic heterocycles. The summed E-state index contributed by atoms with van der Waals surface area (Å²) in [5.74, 6) is 0.303. The standard InChI is InChI=1S/C19H34N2O4S/c1-13(2)9-17(23)21-8-6-7-14(21)11-26-12-15(18(24)25)20-16(22)10-19(3,4)5/h13-15H,6-12H2,1-5H3,(H,20,22)(H,24,25)/t14-,15?/m0/s1. The minimum atomic E-state index is -1.01. The fraction of sp³-hybridized carbons (Fsp3) is 0.842. The van der Waals surface area contributed by atoms with Gasteiger partial charge in [0.05, 0.1) is 0 Å². The van der Waals surface area contributed by atoms with E-state index in [1.54, 1.807) is 0 Å². The second-order valence-corrected chi connectivity index (χ2v) is 9.79. The highest BCUT2D eigenvalue weighted by Crippen LogP contribution is 2.23. The van der Waals surface area contributed by atoms with Crippen LogP contribution in [0.5, 0.6) is 0 Å². The molecule has 1 aliphatic rings. The number of rotatable bonds is 9. The largest absolute Gasteiger partial charge is 0.480 e. The lowest BCUT2D eigenvalue weighted by Crippen LogP contribution is -2.44. The van der Waals surface area contributed by atoms with Crippen molar-refractivity contribution in [2.75, 3.05) is 18.1 Å². The fourth-order valence-electron chi connectivity index (χ4n) is 3.03. The highest BCUT2D eigenvalue weighted by atomic mass is 32.2. The van der Waals surface area contributed by atoms with Gasteiger partial charge in [0.2, 0.25) is 11.8 Å². The third-order valence-corrected chi connectivity index (χ3v) is 5.39. The van der Waals surface area contributed by atoms with E-state index < -0.39 is 12.0 Å². The third-order valence-electron chi connectivity index (χ3n) is 4.20. The molecule has 6 nitrogen and oxygen atoms in total. The topological polar surface area (TPSA) is 86.7 Å². The normalized spacial score (nSPS) is 18.8. The van der Waals surface area contributed by atoms with Crippen LogP contribution >= 0.6 is 11.8 Å². The van der Waals surface area contributed by atoms with Crippen LogP contribution in [0, 0.1) is 11.3 Å². The predicted molar refractivity (Wildman–Crippen MR) is 105 cm³/mol. The summed E-state index contributed by atoms with van der Waals surface area (Å²) in [7, 11) is 0. The Hall–Kier alpha value is -1.24. The number of likely N-dealkylation sites (tertiary alicyclic amines) is 1. The third kappa shape index (κ3) is 8.43. The number of hydrogen-bond donors (Lipinski definition) is 2. The van der Waals surface area contributed by atoms with Crippen molar-refractivity contribution in [3.63, 3.8) is 0 Å². The Morgan fingerprint density at radius 2 is 1.92 bits per heavy atom. The summed E-state index contributed by atoms with van der Waals surface area (Å²) in [6, 6.07) is -0.720. The lowest BCUT2D eigenvalue weighted by Gasteiger charge is -2.26. The van der Waals surface area contributed by atoms with Crippen molar-refractivity contribution in [1.82, 2.24) is 10.2 Å². The van der Waals surface area contributed by atoms with E-state index in [-0.39, 0.29) is 23.3 Å². The predicted octanol–water partition coefficient (Wildman–Crippen LogP) is 2.76. The number of carboxylic acids is 1. The van der Waals surface area contributed by atoms with E-state index in [1.807, 2.05) is 39.5 Å². The molecule has 150 valence electrons. The van der Waals surface area contributed by atoms with Gasteiger partial charge in [-0.1, -0.05) is 34.6 Å². The lowest BCUT2D eigenvalue weighted by molar-refractivity contribution is -0.141. The number of hydrogen-bond acceptors (Lipinski definition) is 4. The van der Waals surface area contributed by atoms with Crippen molar-refractivity contribution in [2.24, 2.45) is 11.3 Å². The van der Waals surface area contributed by atoms with E-state index in [2.05, 4.69) is 5.32 Å². The fourth-order valence-corrected chi connectivity index (χ4v) is 4.24. The van der Waals surface area contributed by atoms with Crippen LogP contribution in [0.15, 0.2) is 0 Å². The molecule has 1 heterocycles. The molecule has 1 fully saturated rings. The van der Waals surface area contributed by atoms with Gasteiger partial charge < -0.3 is 15.3 Å². The van der Waals surface area contributed by atoms with Crippen molar-refractivity contribution in [1.29, 1.82) is 0 Å². The number of nitrogens with zero attached hydrogens (tertiary/aromatic N) is 1. The minimum Gasteiger partial charge on any atom is -0.480 e. The Labute approximate surface area is 161 Å². The maximum Gasteiger partial charge on any atom is 0.327 e. The SMILES string of the molecule is CC(C)CC(=O)N1CCC[C@H]1CSCC(NC(=O)CC(C)(C)C)C(=O)O.